The number of halogens is 3. The van der Waals surface area contributed by atoms with E-state index in [1.807, 2.05) is 24.3 Å². The summed E-state index contributed by atoms with van der Waals surface area (Å²) in [5.74, 6) is 0.0236. The Hall–Kier alpha value is -1.42. The summed E-state index contributed by atoms with van der Waals surface area (Å²) in [7, 11) is 0. The molecule has 0 aliphatic carbocycles. The predicted molar refractivity (Wildman–Crippen MR) is 71.0 cm³/mol. The number of benzene rings is 2. The number of phenolic OH excluding ortho intramolecular Hbond substituents is 1. The second kappa shape index (κ2) is 5.48. The molecule has 1 N–H and O–H groups in total. The third-order valence-electron chi connectivity index (χ3n) is 2.61. The van der Waals surface area contributed by atoms with Crippen LogP contribution in [0.2, 0.25) is 0 Å². The number of phenols is 1. The zero-order chi connectivity index (χ0) is 13.1. The Labute approximate surface area is 112 Å². The molecule has 0 bridgehead atoms. The minimum atomic E-state index is -2.40. The van der Waals surface area contributed by atoms with Crippen molar-refractivity contribution in [2.75, 3.05) is 0 Å². The molecule has 0 saturated carbocycles. The van der Waals surface area contributed by atoms with Gasteiger partial charge in [-0.1, -0.05) is 40.2 Å². The van der Waals surface area contributed by atoms with Crippen LogP contribution < -0.4 is 0 Å². The highest BCUT2D eigenvalue weighted by Gasteiger charge is 2.09. The molecule has 0 aliphatic heterocycles. The van der Waals surface area contributed by atoms with Crippen molar-refractivity contribution in [3.63, 3.8) is 0 Å². The monoisotopic (exact) mass is 312 g/mol. The summed E-state index contributed by atoms with van der Waals surface area (Å²) in [6, 6.07) is 12.1. The van der Waals surface area contributed by atoms with Gasteiger partial charge in [0.15, 0.2) is 0 Å². The van der Waals surface area contributed by atoms with E-state index in [-0.39, 0.29) is 12.2 Å². The van der Waals surface area contributed by atoms with Crippen LogP contribution in [0.4, 0.5) is 8.78 Å². The van der Waals surface area contributed by atoms with Crippen LogP contribution in [-0.2, 0) is 6.42 Å². The quantitative estimate of drug-likeness (QED) is 0.876. The maximum atomic E-state index is 12.2. The van der Waals surface area contributed by atoms with Crippen molar-refractivity contribution in [2.45, 2.75) is 12.8 Å². The van der Waals surface area contributed by atoms with Crippen molar-refractivity contribution < 1.29 is 13.9 Å². The first-order chi connectivity index (χ1) is 8.56. The van der Waals surface area contributed by atoms with Crippen LogP contribution in [-0.4, -0.2) is 11.5 Å². The van der Waals surface area contributed by atoms with Gasteiger partial charge in [-0.15, -0.1) is 0 Å². The number of aromatic hydroxyl groups is 1. The summed E-state index contributed by atoms with van der Waals surface area (Å²) < 4.78 is 25.4. The fourth-order valence-electron chi connectivity index (χ4n) is 1.76. The SMILES string of the molecule is Oc1cc(CC(F)F)ccc1-c1ccc(Br)cc1. The Balaban J connectivity index is 2.32. The lowest BCUT2D eigenvalue weighted by Crippen LogP contribution is -1.96. The van der Waals surface area contributed by atoms with Gasteiger partial charge in [0.2, 0.25) is 6.43 Å². The highest BCUT2D eigenvalue weighted by Crippen LogP contribution is 2.31. The minimum Gasteiger partial charge on any atom is -0.507 e. The average Bonchev–Trinajstić information content (AvgIpc) is 2.30. The molecule has 2 aromatic rings. The summed E-state index contributed by atoms with van der Waals surface area (Å²) in [5, 5.41) is 9.87. The third-order valence-corrected chi connectivity index (χ3v) is 3.14. The molecule has 0 radical (unpaired) electrons. The first-order valence-electron chi connectivity index (χ1n) is 5.42. The Morgan fingerprint density at radius 2 is 1.72 bits per heavy atom. The molecule has 2 rings (SSSR count). The van der Waals surface area contributed by atoms with E-state index >= 15 is 0 Å². The van der Waals surface area contributed by atoms with Crippen molar-refractivity contribution in [1.29, 1.82) is 0 Å². The second-order valence-corrected chi connectivity index (χ2v) is 4.87. The van der Waals surface area contributed by atoms with Crippen LogP contribution in [0.25, 0.3) is 11.1 Å². The van der Waals surface area contributed by atoms with Gasteiger partial charge in [-0.2, -0.15) is 0 Å². The number of alkyl halides is 2. The van der Waals surface area contributed by atoms with Gasteiger partial charge >= 0.3 is 0 Å². The van der Waals surface area contributed by atoms with Gasteiger partial charge in [0, 0.05) is 16.5 Å². The van der Waals surface area contributed by atoms with E-state index in [0.717, 1.165) is 10.0 Å². The van der Waals surface area contributed by atoms with E-state index in [1.54, 1.807) is 12.1 Å². The fourth-order valence-corrected chi connectivity index (χ4v) is 2.02. The van der Waals surface area contributed by atoms with Crippen LogP contribution in [0.1, 0.15) is 5.56 Å². The third kappa shape index (κ3) is 3.07. The zero-order valence-corrected chi connectivity index (χ0v) is 11.0. The van der Waals surface area contributed by atoms with E-state index < -0.39 is 6.43 Å². The Kier molecular flexibility index (Phi) is 3.97. The molecule has 0 amide bonds. The van der Waals surface area contributed by atoms with Crippen LogP contribution in [0, 0.1) is 0 Å². The van der Waals surface area contributed by atoms with Gasteiger partial charge in [0.1, 0.15) is 5.75 Å². The second-order valence-electron chi connectivity index (χ2n) is 3.95. The predicted octanol–water partition coefficient (Wildman–Crippen LogP) is 4.63. The number of hydrogen-bond donors (Lipinski definition) is 1. The standard InChI is InChI=1S/C14H11BrF2O/c15-11-4-2-10(3-5-11)12-6-1-9(7-13(12)18)8-14(16)17/h1-7,14,18H,8H2. The smallest absolute Gasteiger partial charge is 0.242 e. The van der Waals surface area contributed by atoms with Gasteiger partial charge in [0.25, 0.3) is 0 Å². The molecule has 94 valence electrons. The molecule has 0 heterocycles. The van der Waals surface area contributed by atoms with Gasteiger partial charge < -0.3 is 5.11 Å². The zero-order valence-electron chi connectivity index (χ0n) is 9.41. The molecule has 0 unspecified atom stereocenters. The fraction of sp³-hybridized carbons (Fsp3) is 0.143. The van der Waals surface area contributed by atoms with Crippen LogP contribution in [0.3, 0.4) is 0 Å². The highest BCUT2D eigenvalue weighted by atomic mass is 79.9. The molecule has 0 aliphatic rings. The normalized spacial score (nSPS) is 10.9. The lowest BCUT2D eigenvalue weighted by Gasteiger charge is -2.07. The molecule has 18 heavy (non-hydrogen) atoms. The van der Waals surface area contributed by atoms with Crippen molar-refractivity contribution in [3.8, 4) is 16.9 Å². The summed E-state index contributed by atoms with van der Waals surface area (Å²) >= 11 is 3.33. The van der Waals surface area contributed by atoms with E-state index in [4.69, 9.17) is 0 Å². The topological polar surface area (TPSA) is 20.2 Å². The summed E-state index contributed by atoms with van der Waals surface area (Å²) in [5.41, 5.74) is 1.92. The van der Waals surface area contributed by atoms with Crippen LogP contribution >= 0.6 is 15.9 Å². The molecule has 1 nitrogen and oxygen atoms in total. The molecular weight excluding hydrogens is 302 g/mol. The number of hydrogen-bond acceptors (Lipinski definition) is 1. The van der Waals surface area contributed by atoms with E-state index in [9.17, 15) is 13.9 Å². The first kappa shape index (κ1) is 13.0. The lowest BCUT2D eigenvalue weighted by atomic mass is 10.0. The average molecular weight is 313 g/mol. The largest absolute Gasteiger partial charge is 0.507 e. The van der Waals surface area contributed by atoms with Crippen LogP contribution in [0.15, 0.2) is 46.9 Å². The summed E-state index contributed by atoms with van der Waals surface area (Å²) in [6.45, 7) is 0. The molecule has 4 heteroatoms. The summed E-state index contributed by atoms with van der Waals surface area (Å²) in [4.78, 5) is 0. The van der Waals surface area contributed by atoms with Crippen molar-refractivity contribution in [3.05, 3.63) is 52.5 Å². The molecule has 0 spiro atoms. The first-order valence-corrected chi connectivity index (χ1v) is 6.21. The van der Waals surface area contributed by atoms with Gasteiger partial charge in [-0.05, 0) is 29.3 Å². The van der Waals surface area contributed by atoms with E-state index in [1.165, 1.54) is 6.07 Å². The van der Waals surface area contributed by atoms with E-state index in [0.29, 0.717) is 11.1 Å². The van der Waals surface area contributed by atoms with Gasteiger partial charge in [-0.25, -0.2) is 8.78 Å². The van der Waals surface area contributed by atoms with Gasteiger partial charge in [-0.3, -0.25) is 0 Å². The summed E-state index contributed by atoms with van der Waals surface area (Å²) in [6.07, 6.45) is -2.74. The molecular formula is C14H11BrF2O. The van der Waals surface area contributed by atoms with Crippen molar-refractivity contribution in [1.82, 2.24) is 0 Å². The Morgan fingerprint density at radius 3 is 2.28 bits per heavy atom. The maximum Gasteiger partial charge on any atom is 0.242 e. The van der Waals surface area contributed by atoms with E-state index in [2.05, 4.69) is 15.9 Å². The number of rotatable bonds is 3. The minimum absolute atomic E-state index is 0.0236. The maximum absolute atomic E-state index is 12.2. The van der Waals surface area contributed by atoms with Gasteiger partial charge in [0.05, 0.1) is 0 Å². The highest BCUT2D eigenvalue weighted by molar-refractivity contribution is 9.10. The molecule has 0 aromatic heterocycles. The van der Waals surface area contributed by atoms with Crippen molar-refractivity contribution >= 4 is 15.9 Å². The molecule has 0 saturated heterocycles. The Bertz CT molecular complexity index is 538. The molecule has 0 fully saturated rings. The van der Waals surface area contributed by atoms with Crippen LogP contribution in [0.5, 0.6) is 5.75 Å². The Morgan fingerprint density at radius 1 is 1.06 bits per heavy atom. The molecule has 0 atom stereocenters. The molecule has 2 aromatic carbocycles. The lowest BCUT2D eigenvalue weighted by molar-refractivity contribution is 0.149. The van der Waals surface area contributed by atoms with Crippen molar-refractivity contribution in [2.24, 2.45) is 0 Å².